The molecule has 6 amide bonds. The van der Waals surface area contributed by atoms with Crippen molar-refractivity contribution in [2.24, 2.45) is 22.9 Å². The Morgan fingerprint density at radius 3 is 1.39 bits per heavy atom. The van der Waals surface area contributed by atoms with Crippen LogP contribution < -0.4 is 38.9 Å². The van der Waals surface area contributed by atoms with Gasteiger partial charge < -0.3 is 49.1 Å². The second kappa shape index (κ2) is 14.3. The third-order valence-corrected chi connectivity index (χ3v) is 4.18. The summed E-state index contributed by atoms with van der Waals surface area (Å²) in [5, 5.41) is 24.5. The zero-order valence-electron chi connectivity index (χ0n) is 17.6. The van der Waals surface area contributed by atoms with E-state index in [0.717, 1.165) is 0 Å². The molecule has 13 N–H and O–H groups in total. The van der Waals surface area contributed by atoms with Gasteiger partial charge in [-0.15, -0.1) is 0 Å². The lowest BCUT2D eigenvalue weighted by atomic mass is 10.1. The van der Waals surface area contributed by atoms with Crippen LogP contribution in [-0.4, -0.2) is 82.4 Å². The number of carbonyl (C=O) groups is 7. The standard InChI is InChI=1S/C17H29N7O9/c18-7(6-25)14(29)22-8(1-3-11(19)26)15(30)23-9(2-4-12(20)27)16(31)24-10(17(32)33)5-13(21)28/h7-10,25H,1-6,18H2,(H2,19,26)(H2,20,27)(H2,21,28)(H,22,29)(H,23,30)(H,24,31)(H,32,33). The molecule has 0 aromatic carbocycles. The minimum absolute atomic E-state index is 0.297. The van der Waals surface area contributed by atoms with Crippen LogP contribution in [0.1, 0.15) is 32.1 Å². The molecular formula is C17H29N7O9. The number of hydrogen-bond donors (Lipinski definition) is 9. The zero-order valence-corrected chi connectivity index (χ0v) is 17.6. The quantitative estimate of drug-likeness (QED) is 0.102. The highest BCUT2D eigenvalue weighted by molar-refractivity contribution is 5.95. The lowest BCUT2D eigenvalue weighted by molar-refractivity contribution is -0.144. The number of primary amides is 3. The molecule has 4 unspecified atom stereocenters. The van der Waals surface area contributed by atoms with E-state index in [4.69, 9.17) is 33.1 Å². The normalized spacial score (nSPS) is 14.1. The molecule has 0 saturated carbocycles. The molecule has 0 rings (SSSR count). The summed E-state index contributed by atoms with van der Waals surface area (Å²) in [5.41, 5.74) is 20.4. The molecule has 0 fully saturated rings. The smallest absolute Gasteiger partial charge is 0.326 e. The lowest BCUT2D eigenvalue weighted by Gasteiger charge is -2.24. The predicted octanol–water partition coefficient (Wildman–Crippen LogP) is -5.75. The van der Waals surface area contributed by atoms with Crippen molar-refractivity contribution >= 4 is 41.4 Å². The van der Waals surface area contributed by atoms with Gasteiger partial charge in [-0.2, -0.15) is 0 Å². The Kier molecular flexibility index (Phi) is 12.7. The Hall–Kier alpha value is -3.79. The highest BCUT2D eigenvalue weighted by Gasteiger charge is 2.31. The van der Waals surface area contributed by atoms with Gasteiger partial charge in [0, 0.05) is 12.8 Å². The van der Waals surface area contributed by atoms with Crippen molar-refractivity contribution in [3.05, 3.63) is 0 Å². The van der Waals surface area contributed by atoms with Crippen LogP contribution >= 0.6 is 0 Å². The van der Waals surface area contributed by atoms with E-state index in [1.54, 1.807) is 0 Å². The van der Waals surface area contributed by atoms with Crippen molar-refractivity contribution in [3.8, 4) is 0 Å². The van der Waals surface area contributed by atoms with Crippen LogP contribution in [0.25, 0.3) is 0 Å². The first-order valence-electron chi connectivity index (χ1n) is 9.63. The third-order valence-electron chi connectivity index (χ3n) is 4.18. The van der Waals surface area contributed by atoms with Gasteiger partial charge in [-0.05, 0) is 12.8 Å². The van der Waals surface area contributed by atoms with Crippen LogP contribution in [0.4, 0.5) is 0 Å². The maximum Gasteiger partial charge on any atom is 0.326 e. The molecule has 186 valence electrons. The highest BCUT2D eigenvalue weighted by Crippen LogP contribution is 2.04. The van der Waals surface area contributed by atoms with Gasteiger partial charge >= 0.3 is 5.97 Å². The van der Waals surface area contributed by atoms with Gasteiger partial charge in [0.1, 0.15) is 24.2 Å². The molecule has 33 heavy (non-hydrogen) atoms. The Morgan fingerprint density at radius 1 is 0.667 bits per heavy atom. The fourth-order valence-electron chi connectivity index (χ4n) is 2.42. The van der Waals surface area contributed by atoms with Crippen LogP contribution in [0.2, 0.25) is 0 Å². The van der Waals surface area contributed by atoms with Gasteiger partial charge in [-0.3, -0.25) is 28.8 Å². The number of rotatable bonds is 16. The second-order valence-electron chi connectivity index (χ2n) is 6.99. The van der Waals surface area contributed by atoms with Crippen molar-refractivity contribution < 1.29 is 43.8 Å². The highest BCUT2D eigenvalue weighted by atomic mass is 16.4. The fraction of sp³-hybridized carbons (Fsp3) is 0.588. The van der Waals surface area contributed by atoms with E-state index in [2.05, 4.69) is 10.6 Å². The molecule has 0 aliphatic heterocycles. The SMILES string of the molecule is NC(=O)CCC(NC(=O)C(N)CO)C(=O)NC(CCC(N)=O)C(=O)NC(CC(N)=O)C(=O)O. The van der Waals surface area contributed by atoms with Crippen molar-refractivity contribution in [1.29, 1.82) is 0 Å². The lowest BCUT2D eigenvalue weighted by Crippen LogP contribution is -2.57. The topological polar surface area (TPSA) is 300 Å². The Labute approximate surface area is 187 Å². The van der Waals surface area contributed by atoms with Crippen LogP contribution in [0, 0.1) is 0 Å². The first-order chi connectivity index (χ1) is 15.3. The van der Waals surface area contributed by atoms with Gasteiger partial charge in [0.2, 0.25) is 35.4 Å². The maximum absolute atomic E-state index is 12.7. The molecule has 16 heteroatoms. The summed E-state index contributed by atoms with van der Waals surface area (Å²) in [6.07, 6.45) is -2.13. The first-order valence-corrected chi connectivity index (χ1v) is 9.63. The number of aliphatic hydroxyl groups is 1. The van der Waals surface area contributed by atoms with Gasteiger partial charge in [-0.25, -0.2) is 4.79 Å². The maximum atomic E-state index is 12.7. The van der Waals surface area contributed by atoms with E-state index in [1.165, 1.54) is 0 Å². The molecule has 0 spiro atoms. The van der Waals surface area contributed by atoms with Gasteiger partial charge in [-0.1, -0.05) is 0 Å². The monoisotopic (exact) mass is 475 g/mol. The van der Waals surface area contributed by atoms with Gasteiger partial charge in [0.05, 0.1) is 13.0 Å². The molecule has 0 radical (unpaired) electrons. The number of nitrogens with two attached hydrogens (primary N) is 4. The van der Waals surface area contributed by atoms with Crippen molar-refractivity contribution in [3.63, 3.8) is 0 Å². The summed E-state index contributed by atoms with van der Waals surface area (Å²) >= 11 is 0. The molecule has 0 aromatic heterocycles. The Bertz CT molecular complexity index is 774. The minimum atomic E-state index is -1.71. The van der Waals surface area contributed by atoms with Crippen molar-refractivity contribution in [2.45, 2.75) is 56.3 Å². The number of carboxylic acid groups (broad SMARTS) is 1. The van der Waals surface area contributed by atoms with E-state index in [0.29, 0.717) is 0 Å². The van der Waals surface area contributed by atoms with Crippen LogP contribution in [0.3, 0.4) is 0 Å². The largest absolute Gasteiger partial charge is 0.480 e. The number of nitrogens with one attached hydrogen (secondary N) is 3. The van der Waals surface area contributed by atoms with Crippen LogP contribution in [0.15, 0.2) is 0 Å². The van der Waals surface area contributed by atoms with Crippen molar-refractivity contribution in [2.75, 3.05) is 6.61 Å². The molecule has 16 nitrogen and oxygen atoms in total. The average molecular weight is 475 g/mol. The first kappa shape index (κ1) is 29.2. The summed E-state index contributed by atoms with van der Waals surface area (Å²) in [4.78, 5) is 81.7. The number of aliphatic hydroxyl groups excluding tert-OH is 1. The zero-order chi connectivity index (χ0) is 25.7. The summed E-state index contributed by atoms with van der Waals surface area (Å²) in [6, 6.07) is -6.03. The van der Waals surface area contributed by atoms with Gasteiger partial charge in [0.15, 0.2) is 0 Å². The van der Waals surface area contributed by atoms with Crippen LogP contribution in [0.5, 0.6) is 0 Å². The molecule has 0 aliphatic rings. The molecule has 0 saturated heterocycles. The summed E-state index contributed by atoms with van der Waals surface area (Å²) in [6.45, 7) is -0.740. The second-order valence-corrected chi connectivity index (χ2v) is 6.99. The summed E-state index contributed by atoms with van der Waals surface area (Å²) in [5.74, 6) is -7.24. The predicted molar refractivity (Wildman–Crippen MR) is 109 cm³/mol. The minimum Gasteiger partial charge on any atom is -0.480 e. The average Bonchev–Trinajstić information content (AvgIpc) is 2.71. The number of aliphatic carboxylic acids is 1. The number of carbonyl (C=O) groups excluding carboxylic acids is 6. The van der Waals surface area contributed by atoms with E-state index >= 15 is 0 Å². The summed E-state index contributed by atoms with van der Waals surface area (Å²) < 4.78 is 0. The molecule has 0 aliphatic carbocycles. The summed E-state index contributed by atoms with van der Waals surface area (Å²) in [7, 11) is 0. The van der Waals surface area contributed by atoms with Gasteiger partial charge in [0.25, 0.3) is 0 Å². The Balaban J connectivity index is 5.60. The number of amides is 6. The molecule has 4 atom stereocenters. The molecule has 0 bridgehead atoms. The fourth-order valence-corrected chi connectivity index (χ4v) is 2.42. The van der Waals surface area contributed by atoms with E-state index < -0.39 is 78.6 Å². The van der Waals surface area contributed by atoms with Crippen LogP contribution in [-0.2, 0) is 33.6 Å². The molecular weight excluding hydrogens is 446 g/mol. The Morgan fingerprint density at radius 2 is 1.06 bits per heavy atom. The van der Waals surface area contributed by atoms with E-state index in [-0.39, 0.29) is 25.7 Å². The van der Waals surface area contributed by atoms with Crippen molar-refractivity contribution in [1.82, 2.24) is 16.0 Å². The molecule has 0 heterocycles. The third kappa shape index (κ3) is 12.0. The van der Waals surface area contributed by atoms with E-state index in [1.807, 2.05) is 5.32 Å². The van der Waals surface area contributed by atoms with E-state index in [9.17, 15) is 33.6 Å². The number of carboxylic acids is 1. The number of hydrogen-bond acceptors (Lipinski definition) is 9. The molecule has 0 aromatic rings.